The zero-order valence-electron chi connectivity index (χ0n) is 17.6. The van der Waals surface area contributed by atoms with Gasteiger partial charge in [-0.3, -0.25) is 4.79 Å². The molecule has 28 heavy (non-hydrogen) atoms. The average Bonchev–Trinajstić information content (AvgIpc) is 2.71. The lowest BCUT2D eigenvalue weighted by atomic mass is 10.0. The molecule has 1 unspecified atom stereocenters. The van der Waals surface area contributed by atoms with Gasteiger partial charge in [0.2, 0.25) is 0 Å². The Labute approximate surface area is 172 Å². The van der Waals surface area contributed by atoms with E-state index in [9.17, 15) is 9.36 Å². The molecule has 0 saturated carbocycles. The summed E-state index contributed by atoms with van der Waals surface area (Å²) in [6, 6.07) is 6.48. The topological polar surface area (TPSA) is 52.6 Å². The normalized spacial score (nSPS) is 11.4. The minimum absolute atomic E-state index is 0.452. The summed E-state index contributed by atoms with van der Waals surface area (Å²) in [5, 5.41) is 0. The number of benzene rings is 1. The molecule has 1 atom stereocenters. The molecule has 1 rings (SSSR count). The summed E-state index contributed by atoms with van der Waals surface area (Å²) in [5.74, 6) is 0.452. The van der Waals surface area contributed by atoms with Crippen molar-refractivity contribution in [2.24, 2.45) is 0 Å². The van der Waals surface area contributed by atoms with Gasteiger partial charge in [0.1, 0.15) is 12.9 Å². The second-order valence-corrected chi connectivity index (χ2v) is 8.32. The molecule has 0 aromatic heterocycles. The first kappa shape index (κ1) is 24.8. The predicted molar refractivity (Wildman–Crippen MR) is 116 cm³/mol. The van der Waals surface area contributed by atoms with Crippen molar-refractivity contribution in [3.63, 3.8) is 0 Å². The molecule has 4 nitrogen and oxygen atoms in total. The van der Waals surface area contributed by atoms with E-state index in [2.05, 4.69) is 6.92 Å². The van der Waals surface area contributed by atoms with Gasteiger partial charge in [-0.1, -0.05) is 90.4 Å². The molecule has 0 saturated heterocycles. The molecule has 0 heterocycles. The maximum atomic E-state index is 11.7. The molecule has 0 amide bonds. The fourth-order valence-electron chi connectivity index (χ4n) is 3.16. The molecule has 1 aromatic carbocycles. The number of rotatable bonds is 19. The van der Waals surface area contributed by atoms with Crippen LogP contribution in [0.25, 0.3) is 0 Å². The van der Waals surface area contributed by atoms with Crippen LogP contribution in [0.3, 0.4) is 0 Å². The molecule has 0 bridgehead atoms. The Bertz CT molecular complexity index is 516. The maximum Gasteiger partial charge on any atom is 0.750 e. The Hall–Kier alpha value is -1.25. The van der Waals surface area contributed by atoms with E-state index in [1.807, 2.05) is 0 Å². The van der Waals surface area contributed by atoms with Gasteiger partial charge in [0, 0.05) is 10.1 Å². The number of unbranched alkanes of at least 4 members (excludes halogenated alkanes) is 13. The summed E-state index contributed by atoms with van der Waals surface area (Å²) in [6.45, 7) is 2.72. The van der Waals surface area contributed by atoms with Crippen molar-refractivity contribution >= 4 is 14.5 Å². The van der Waals surface area contributed by atoms with Gasteiger partial charge < -0.3 is 0 Å². The van der Waals surface area contributed by atoms with E-state index in [1.165, 1.54) is 77.0 Å². The third-order valence-electron chi connectivity index (χ3n) is 4.89. The molecule has 0 aliphatic heterocycles. The fourth-order valence-corrected chi connectivity index (χ4v) is 3.78. The van der Waals surface area contributed by atoms with E-state index in [4.69, 9.17) is 9.05 Å². The zero-order valence-corrected chi connectivity index (χ0v) is 18.5. The van der Waals surface area contributed by atoms with Crippen LogP contribution in [0.5, 0.6) is 5.75 Å². The van der Waals surface area contributed by atoms with Crippen LogP contribution in [0.15, 0.2) is 24.3 Å². The highest BCUT2D eigenvalue weighted by molar-refractivity contribution is 7.33. The van der Waals surface area contributed by atoms with Gasteiger partial charge in [0.25, 0.3) is 0 Å². The Balaban J connectivity index is 1.84. The van der Waals surface area contributed by atoms with E-state index in [0.717, 1.165) is 19.1 Å². The fraction of sp³-hybridized carbons (Fsp3) is 0.696. The third-order valence-corrected chi connectivity index (χ3v) is 5.64. The minimum atomic E-state index is -2.15. The molecule has 0 radical (unpaired) electrons. The summed E-state index contributed by atoms with van der Waals surface area (Å²) < 4.78 is 22.2. The van der Waals surface area contributed by atoms with Crippen LogP contribution in [0.1, 0.15) is 107 Å². The van der Waals surface area contributed by atoms with Gasteiger partial charge in [-0.05, 0) is 30.7 Å². The van der Waals surface area contributed by atoms with Crippen molar-refractivity contribution in [3.8, 4) is 5.75 Å². The zero-order chi connectivity index (χ0) is 20.3. The van der Waals surface area contributed by atoms with Crippen LogP contribution in [-0.2, 0) is 9.09 Å². The Morgan fingerprint density at radius 3 is 1.68 bits per heavy atom. The SMILES string of the molecule is CCCCCCCCCCCCCCCCO[P+](=O)Oc1ccc(C=O)cc1. The molecular weight excluding hydrogens is 371 g/mol. The molecule has 0 spiro atoms. The van der Waals surface area contributed by atoms with Crippen molar-refractivity contribution < 1.29 is 18.4 Å². The Morgan fingerprint density at radius 2 is 1.21 bits per heavy atom. The number of aldehydes is 1. The summed E-state index contributed by atoms with van der Waals surface area (Å²) in [4.78, 5) is 10.6. The maximum absolute atomic E-state index is 11.7. The molecule has 158 valence electrons. The van der Waals surface area contributed by atoms with Crippen LogP contribution < -0.4 is 4.52 Å². The summed E-state index contributed by atoms with van der Waals surface area (Å²) in [5.41, 5.74) is 0.561. The highest BCUT2D eigenvalue weighted by atomic mass is 31.1. The van der Waals surface area contributed by atoms with Gasteiger partial charge in [-0.15, -0.1) is 4.52 Å². The van der Waals surface area contributed by atoms with E-state index in [1.54, 1.807) is 24.3 Å². The van der Waals surface area contributed by atoms with E-state index >= 15 is 0 Å². The number of hydrogen-bond donors (Lipinski definition) is 0. The number of hydrogen-bond acceptors (Lipinski definition) is 4. The molecular formula is C23H38O4P+. The van der Waals surface area contributed by atoms with Crippen LogP contribution in [0, 0.1) is 0 Å². The highest BCUT2D eigenvalue weighted by Crippen LogP contribution is 2.28. The van der Waals surface area contributed by atoms with E-state index < -0.39 is 8.25 Å². The van der Waals surface area contributed by atoms with Crippen LogP contribution in [-0.4, -0.2) is 12.9 Å². The standard InChI is InChI=1S/C23H38O4P/c1-2-3-4-5-6-7-8-9-10-11-12-13-14-15-20-26-28(25)27-23-18-16-22(21-24)17-19-23/h16-19,21H,2-15,20H2,1H3/q+1. The largest absolute Gasteiger partial charge is 0.750 e. The molecule has 1 aromatic rings. The smallest absolute Gasteiger partial charge is 0.298 e. The van der Waals surface area contributed by atoms with Gasteiger partial charge in [-0.2, -0.15) is 0 Å². The van der Waals surface area contributed by atoms with Crippen LogP contribution in [0.4, 0.5) is 0 Å². The molecule has 0 aliphatic rings. The Kier molecular flexibility index (Phi) is 15.8. The first-order valence-corrected chi connectivity index (χ1v) is 12.2. The summed E-state index contributed by atoms with van der Waals surface area (Å²) in [6.07, 6.45) is 19.1. The van der Waals surface area contributed by atoms with E-state index in [-0.39, 0.29) is 0 Å². The second-order valence-electron chi connectivity index (χ2n) is 7.43. The van der Waals surface area contributed by atoms with Gasteiger partial charge in [0.05, 0.1) is 0 Å². The minimum Gasteiger partial charge on any atom is -0.298 e. The highest BCUT2D eigenvalue weighted by Gasteiger charge is 2.21. The summed E-state index contributed by atoms with van der Waals surface area (Å²) in [7, 11) is -2.15. The van der Waals surface area contributed by atoms with Gasteiger partial charge >= 0.3 is 8.25 Å². The van der Waals surface area contributed by atoms with Crippen molar-refractivity contribution in [1.29, 1.82) is 0 Å². The first-order valence-electron chi connectivity index (χ1n) is 11.1. The molecule has 5 heteroatoms. The first-order chi connectivity index (χ1) is 13.8. The van der Waals surface area contributed by atoms with Crippen molar-refractivity contribution in [1.82, 2.24) is 0 Å². The number of carbonyl (C=O) groups excluding carboxylic acids is 1. The predicted octanol–water partition coefficient (Wildman–Crippen LogP) is 8.03. The average molecular weight is 410 g/mol. The monoisotopic (exact) mass is 409 g/mol. The lowest BCUT2D eigenvalue weighted by Crippen LogP contribution is -1.91. The van der Waals surface area contributed by atoms with Crippen LogP contribution >= 0.6 is 8.25 Å². The van der Waals surface area contributed by atoms with Gasteiger partial charge in [0.15, 0.2) is 5.75 Å². The van der Waals surface area contributed by atoms with Crippen molar-refractivity contribution in [2.45, 2.75) is 96.8 Å². The lowest BCUT2D eigenvalue weighted by Gasteiger charge is -2.02. The molecule has 0 fully saturated rings. The quantitative estimate of drug-likeness (QED) is 0.132. The summed E-state index contributed by atoms with van der Waals surface area (Å²) >= 11 is 0. The van der Waals surface area contributed by atoms with E-state index in [0.29, 0.717) is 17.9 Å². The second kappa shape index (κ2) is 17.8. The van der Waals surface area contributed by atoms with Crippen molar-refractivity contribution in [2.75, 3.05) is 6.61 Å². The molecule has 0 aliphatic carbocycles. The van der Waals surface area contributed by atoms with Crippen molar-refractivity contribution in [3.05, 3.63) is 29.8 Å². The Morgan fingerprint density at radius 1 is 0.750 bits per heavy atom. The van der Waals surface area contributed by atoms with Gasteiger partial charge in [-0.25, -0.2) is 4.52 Å². The third kappa shape index (κ3) is 13.8. The van der Waals surface area contributed by atoms with Crippen LogP contribution in [0.2, 0.25) is 0 Å². The lowest BCUT2D eigenvalue weighted by molar-refractivity contribution is 0.112. The molecule has 0 N–H and O–H groups in total. The number of carbonyl (C=O) groups is 1.